The number of rotatable bonds is 20. The number of carbonyl (C=O) groups excluding carboxylic acids is 8. The second-order valence-electron chi connectivity index (χ2n) is 14.7. The highest BCUT2D eigenvalue weighted by atomic mass is 16.5. The van der Waals surface area contributed by atoms with Crippen molar-refractivity contribution in [3.8, 4) is 0 Å². The van der Waals surface area contributed by atoms with E-state index in [2.05, 4.69) is 26.6 Å². The van der Waals surface area contributed by atoms with Gasteiger partial charge in [-0.05, 0) is 23.8 Å². The van der Waals surface area contributed by atoms with E-state index in [1.807, 2.05) is 20.8 Å². The van der Waals surface area contributed by atoms with Crippen LogP contribution in [0.4, 0.5) is 0 Å². The van der Waals surface area contributed by atoms with Crippen molar-refractivity contribution in [3.63, 3.8) is 0 Å². The molecule has 0 spiro atoms. The zero-order valence-corrected chi connectivity index (χ0v) is 30.6. The Kier molecular flexibility index (Phi) is 16.9. The Balaban J connectivity index is 1.70. The average molecular weight is 715 g/mol. The first-order valence-electron chi connectivity index (χ1n) is 17.2. The number of hydrogen-bond donors (Lipinski definition) is 5. The maximum absolute atomic E-state index is 13.0. The molecule has 0 saturated carbocycles. The first kappa shape index (κ1) is 42.5. The Morgan fingerprint density at radius 1 is 0.784 bits per heavy atom. The smallest absolute Gasteiger partial charge is 0.243 e. The van der Waals surface area contributed by atoms with Crippen LogP contribution in [-0.2, 0) is 49.5 Å². The van der Waals surface area contributed by atoms with Crippen molar-refractivity contribution in [1.82, 2.24) is 31.5 Å². The second-order valence-corrected chi connectivity index (χ2v) is 14.7. The van der Waals surface area contributed by atoms with Crippen LogP contribution in [0.15, 0.2) is 30.3 Å². The van der Waals surface area contributed by atoms with E-state index in [0.29, 0.717) is 25.8 Å². The maximum Gasteiger partial charge on any atom is 0.243 e. The molecule has 1 heterocycles. The van der Waals surface area contributed by atoms with Crippen LogP contribution in [0.2, 0.25) is 0 Å². The van der Waals surface area contributed by atoms with Gasteiger partial charge in [0.05, 0.1) is 25.6 Å². The molecule has 1 aromatic rings. The first-order valence-corrected chi connectivity index (χ1v) is 17.2. The highest BCUT2D eigenvalue weighted by molar-refractivity contribution is 6.03. The number of benzene rings is 1. The van der Waals surface area contributed by atoms with E-state index in [4.69, 9.17) is 4.74 Å². The summed E-state index contributed by atoms with van der Waals surface area (Å²) in [5.41, 5.74) is -0.111. The van der Waals surface area contributed by atoms with E-state index in [0.717, 1.165) is 5.56 Å². The van der Waals surface area contributed by atoms with Crippen molar-refractivity contribution in [2.45, 2.75) is 86.1 Å². The van der Waals surface area contributed by atoms with E-state index in [9.17, 15) is 38.4 Å². The van der Waals surface area contributed by atoms with Crippen LogP contribution < -0.4 is 26.6 Å². The van der Waals surface area contributed by atoms with Crippen molar-refractivity contribution in [2.24, 2.45) is 16.7 Å². The van der Waals surface area contributed by atoms with Gasteiger partial charge in [-0.1, -0.05) is 78.3 Å². The minimum atomic E-state index is -1.06. The Bertz CT molecular complexity index is 1400. The number of amides is 7. The molecule has 5 N–H and O–H groups in total. The van der Waals surface area contributed by atoms with Gasteiger partial charge >= 0.3 is 0 Å². The van der Waals surface area contributed by atoms with Crippen LogP contribution in [0.25, 0.3) is 0 Å². The van der Waals surface area contributed by atoms with Crippen LogP contribution in [0, 0.1) is 16.7 Å². The average Bonchev–Trinajstić information content (AvgIpc) is 3.35. The van der Waals surface area contributed by atoms with Crippen LogP contribution >= 0.6 is 0 Å². The van der Waals surface area contributed by atoms with Gasteiger partial charge in [0, 0.05) is 31.2 Å². The van der Waals surface area contributed by atoms with Gasteiger partial charge in [0.25, 0.3) is 0 Å². The topological polar surface area (TPSA) is 209 Å². The summed E-state index contributed by atoms with van der Waals surface area (Å²) < 4.78 is 5.18. The SMILES string of the molecule is CC(C)(C)C(=O)COCNC(=O)CNC(=O)[C@H](Cc1ccccc1)NC(=O)CNC(=O)CNC(=O)CCCCCN1C(=O)CC(C(C)(C)C)C1=O. The molecule has 15 nitrogen and oxygen atoms in total. The summed E-state index contributed by atoms with van der Waals surface area (Å²) >= 11 is 0. The molecule has 15 heteroatoms. The number of nitrogens with one attached hydrogen (secondary N) is 5. The standard InChI is InChI=1S/C36H54N6O9/c1-35(2,3)25-18-32(48)42(34(25)50)16-12-8-11-15-28(44)37-19-29(45)38-21-31(47)41-26(17-24-13-9-7-10-14-24)33(49)39-20-30(46)40-23-51-22-27(43)36(4,5)6/h7,9-10,13-14,25-26H,8,11-12,15-23H2,1-6H3,(H,37,44)(H,38,45)(H,39,49)(H,40,46)(H,41,47)/t25?,26-/m0/s1. The molecular formula is C36H54N6O9. The molecule has 1 aliphatic rings. The molecule has 0 radical (unpaired) electrons. The number of nitrogens with zero attached hydrogens (tertiary/aromatic N) is 1. The third-order valence-corrected chi connectivity index (χ3v) is 8.27. The fourth-order valence-electron chi connectivity index (χ4n) is 4.98. The number of likely N-dealkylation sites (tertiary alicyclic amines) is 1. The zero-order chi connectivity index (χ0) is 38.2. The van der Waals surface area contributed by atoms with Crippen LogP contribution in [0.1, 0.15) is 79.2 Å². The molecule has 0 aromatic heterocycles. The lowest BCUT2D eigenvalue weighted by Crippen LogP contribution is -2.52. The van der Waals surface area contributed by atoms with Crippen molar-refractivity contribution in [3.05, 3.63) is 35.9 Å². The van der Waals surface area contributed by atoms with Crippen LogP contribution in [-0.4, -0.2) is 97.6 Å². The molecule has 1 saturated heterocycles. The molecule has 1 fully saturated rings. The molecule has 0 aliphatic carbocycles. The molecule has 2 atom stereocenters. The second kappa shape index (κ2) is 20.3. The van der Waals surface area contributed by atoms with Crippen LogP contribution in [0.3, 0.4) is 0 Å². The summed E-state index contributed by atoms with van der Waals surface area (Å²) in [5, 5.41) is 12.4. The summed E-state index contributed by atoms with van der Waals surface area (Å²) in [6.45, 7) is 9.81. The predicted molar refractivity (Wildman–Crippen MR) is 187 cm³/mol. The molecule has 51 heavy (non-hydrogen) atoms. The number of hydrogen-bond acceptors (Lipinski definition) is 9. The van der Waals surface area contributed by atoms with E-state index in [1.165, 1.54) is 4.90 Å². The fraction of sp³-hybridized carbons (Fsp3) is 0.611. The van der Waals surface area contributed by atoms with Crippen molar-refractivity contribution < 1.29 is 43.1 Å². The Hall–Kier alpha value is -4.66. The normalized spacial score (nSPS) is 15.2. The highest BCUT2D eigenvalue weighted by Gasteiger charge is 2.44. The summed E-state index contributed by atoms with van der Waals surface area (Å²) in [6.07, 6.45) is 2.19. The number of ether oxygens (including phenoxy) is 1. The van der Waals surface area contributed by atoms with Gasteiger partial charge in [0.15, 0.2) is 5.78 Å². The van der Waals surface area contributed by atoms with Gasteiger partial charge in [0.1, 0.15) is 19.4 Å². The largest absolute Gasteiger partial charge is 0.353 e. The molecular weight excluding hydrogens is 660 g/mol. The van der Waals surface area contributed by atoms with Gasteiger partial charge < -0.3 is 31.3 Å². The molecule has 0 bridgehead atoms. The minimum Gasteiger partial charge on any atom is -0.353 e. The number of ketones is 1. The van der Waals surface area contributed by atoms with Crippen molar-refractivity contribution in [1.29, 1.82) is 0 Å². The van der Waals surface area contributed by atoms with E-state index in [-0.39, 0.29) is 74.0 Å². The van der Waals surface area contributed by atoms with Crippen LogP contribution in [0.5, 0.6) is 0 Å². The van der Waals surface area contributed by atoms with E-state index >= 15 is 0 Å². The zero-order valence-electron chi connectivity index (χ0n) is 30.6. The summed E-state index contributed by atoms with van der Waals surface area (Å²) in [4.78, 5) is 100. The van der Waals surface area contributed by atoms with Gasteiger partial charge in [-0.3, -0.25) is 43.3 Å². The molecule has 1 unspecified atom stereocenters. The Labute approximate surface area is 299 Å². The molecule has 1 aromatic carbocycles. The minimum absolute atomic E-state index is 0.115. The summed E-state index contributed by atoms with van der Waals surface area (Å²) in [7, 11) is 0. The lowest BCUT2D eigenvalue weighted by atomic mass is 9.80. The Morgan fingerprint density at radius 3 is 2.02 bits per heavy atom. The summed E-state index contributed by atoms with van der Waals surface area (Å²) in [5.74, 6) is -3.57. The number of Topliss-reactive ketones (excluding diaryl/α,β-unsaturated/α-hetero) is 1. The summed E-state index contributed by atoms with van der Waals surface area (Å²) in [6, 6.07) is 7.84. The molecule has 7 amide bonds. The Morgan fingerprint density at radius 2 is 1.39 bits per heavy atom. The van der Waals surface area contributed by atoms with Gasteiger partial charge in [-0.15, -0.1) is 0 Å². The monoisotopic (exact) mass is 714 g/mol. The third-order valence-electron chi connectivity index (χ3n) is 8.27. The third kappa shape index (κ3) is 15.8. The van der Waals surface area contributed by atoms with Gasteiger partial charge in [-0.2, -0.15) is 0 Å². The first-order chi connectivity index (χ1) is 23.9. The van der Waals surface area contributed by atoms with E-state index < -0.39 is 48.2 Å². The number of unbranched alkanes of at least 4 members (excludes halogenated alkanes) is 2. The number of carbonyl (C=O) groups is 8. The lowest BCUT2D eigenvalue weighted by molar-refractivity contribution is -0.140. The highest BCUT2D eigenvalue weighted by Crippen LogP contribution is 2.35. The molecule has 2 rings (SSSR count). The molecule has 282 valence electrons. The quantitative estimate of drug-likeness (QED) is 0.0732. The van der Waals surface area contributed by atoms with E-state index in [1.54, 1.807) is 51.1 Å². The molecule has 1 aliphatic heterocycles. The maximum atomic E-state index is 13.0. The van der Waals surface area contributed by atoms with Crippen molar-refractivity contribution in [2.75, 3.05) is 39.5 Å². The van der Waals surface area contributed by atoms with Crippen molar-refractivity contribution >= 4 is 47.1 Å². The van der Waals surface area contributed by atoms with Gasteiger partial charge in [0.2, 0.25) is 41.4 Å². The lowest BCUT2D eigenvalue weighted by Gasteiger charge is -2.24. The number of imide groups is 1. The predicted octanol–water partition coefficient (Wildman–Crippen LogP) is 0.750. The van der Waals surface area contributed by atoms with Gasteiger partial charge in [-0.25, -0.2) is 0 Å². The fourth-order valence-corrected chi connectivity index (χ4v) is 4.98.